The number of aromatic amines is 2. The van der Waals surface area contributed by atoms with Gasteiger partial charge in [-0.2, -0.15) is 0 Å². The average Bonchev–Trinajstić information content (AvgIpc) is 3.23. The highest BCUT2D eigenvalue weighted by atomic mass is 16.2. The lowest BCUT2D eigenvalue weighted by atomic mass is 10.1. The Balaban J connectivity index is 1.75. The summed E-state index contributed by atoms with van der Waals surface area (Å²) in [6.07, 6.45) is 2.27. The lowest BCUT2D eigenvalue weighted by Crippen LogP contribution is -2.21. The molecule has 1 aliphatic rings. The van der Waals surface area contributed by atoms with E-state index in [-0.39, 0.29) is 11.6 Å². The van der Waals surface area contributed by atoms with Crippen molar-refractivity contribution in [1.29, 1.82) is 0 Å². The second-order valence-corrected chi connectivity index (χ2v) is 6.01. The number of amides is 1. The van der Waals surface area contributed by atoms with Gasteiger partial charge in [-0.25, -0.2) is 4.79 Å². The van der Waals surface area contributed by atoms with E-state index in [1.54, 1.807) is 12.1 Å². The summed E-state index contributed by atoms with van der Waals surface area (Å²) in [5.41, 5.74) is 3.45. The van der Waals surface area contributed by atoms with Gasteiger partial charge in [0.1, 0.15) is 0 Å². The molecule has 122 valence electrons. The van der Waals surface area contributed by atoms with Crippen LogP contribution in [0, 0.1) is 0 Å². The largest absolute Gasteiger partial charge is 0.370 e. The zero-order valence-electron chi connectivity index (χ0n) is 13.1. The Morgan fingerprint density at radius 1 is 1.00 bits per heavy atom. The first-order valence-electron chi connectivity index (χ1n) is 8.08. The molecule has 0 spiro atoms. The van der Waals surface area contributed by atoms with Crippen molar-refractivity contribution in [1.82, 2.24) is 9.97 Å². The summed E-state index contributed by atoms with van der Waals surface area (Å²) in [7, 11) is 0. The second-order valence-electron chi connectivity index (χ2n) is 6.01. The number of hydrogen-bond donors (Lipinski definition) is 3. The molecule has 1 saturated heterocycles. The van der Waals surface area contributed by atoms with Crippen LogP contribution in [0.1, 0.15) is 23.2 Å². The molecule has 0 atom stereocenters. The number of fused-ring (bicyclic) bond motifs is 1. The molecule has 0 saturated carbocycles. The van der Waals surface area contributed by atoms with Crippen LogP contribution in [0.3, 0.4) is 0 Å². The molecular weight excluding hydrogens is 304 g/mol. The summed E-state index contributed by atoms with van der Waals surface area (Å²) in [5.74, 6) is -0.159. The summed E-state index contributed by atoms with van der Waals surface area (Å²) in [6.45, 7) is 1.91. The van der Waals surface area contributed by atoms with Crippen LogP contribution in [0.25, 0.3) is 11.0 Å². The predicted molar refractivity (Wildman–Crippen MR) is 94.8 cm³/mol. The Bertz CT molecular complexity index is 937. The van der Waals surface area contributed by atoms with Crippen molar-refractivity contribution in [3.05, 3.63) is 58.5 Å². The Labute approximate surface area is 138 Å². The molecule has 3 aromatic rings. The monoisotopic (exact) mass is 322 g/mol. The molecule has 6 nitrogen and oxygen atoms in total. The highest BCUT2D eigenvalue weighted by Crippen LogP contribution is 2.32. The third-order valence-corrected chi connectivity index (χ3v) is 4.36. The van der Waals surface area contributed by atoms with E-state index in [9.17, 15) is 9.59 Å². The number of nitrogens with one attached hydrogen (secondary N) is 3. The molecule has 2 heterocycles. The van der Waals surface area contributed by atoms with E-state index in [0.717, 1.165) is 37.1 Å². The molecular formula is C18H18N4O2. The zero-order valence-corrected chi connectivity index (χ0v) is 13.1. The number of aromatic nitrogens is 2. The second kappa shape index (κ2) is 5.88. The maximum absolute atomic E-state index is 12.5. The summed E-state index contributed by atoms with van der Waals surface area (Å²) in [5, 5.41) is 2.99. The van der Waals surface area contributed by atoms with E-state index in [1.165, 1.54) is 0 Å². The smallest absolute Gasteiger partial charge is 0.323 e. The van der Waals surface area contributed by atoms with Crippen LogP contribution in [-0.4, -0.2) is 29.0 Å². The van der Waals surface area contributed by atoms with Gasteiger partial charge < -0.3 is 20.2 Å². The van der Waals surface area contributed by atoms with Gasteiger partial charge in [0, 0.05) is 18.7 Å². The lowest BCUT2D eigenvalue weighted by molar-refractivity contribution is 0.102. The molecule has 3 N–H and O–H groups in total. The normalized spacial score (nSPS) is 14.2. The summed E-state index contributed by atoms with van der Waals surface area (Å²) >= 11 is 0. The minimum atomic E-state index is -0.246. The van der Waals surface area contributed by atoms with E-state index >= 15 is 0 Å². The molecule has 6 heteroatoms. The number of anilines is 2. The molecule has 0 bridgehead atoms. The van der Waals surface area contributed by atoms with Crippen molar-refractivity contribution in [2.75, 3.05) is 23.3 Å². The Morgan fingerprint density at radius 3 is 2.38 bits per heavy atom. The summed E-state index contributed by atoms with van der Waals surface area (Å²) in [6, 6.07) is 12.9. The number of rotatable bonds is 3. The van der Waals surface area contributed by atoms with Crippen LogP contribution in [-0.2, 0) is 0 Å². The molecule has 24 heavy (non-hydrogen) atoms. The number of nitrogens with zero attached hydrogens (tertiary/aromatic N) is 1. The third-order valence-electron chi connectivity index (χ3n) is 4.36. The topological polar surface area (TPSA) is 81.0 Å². The summed E-state index contributed by atoms with van der Waals surface area (Å²) in [4.78, 5) is 31.9. The van der Waals surface area contributed by atoms with Crippen molar-refractivity contribution in [2.45, 2.75) is 12.8 Å². The third kappa shape index (κ3) is 2.67. The Hall–Kier alpha value is -3.02. The van der Waals surface area contributed by atoms with Gasteiger partial charge >= 0.3 is 5.69 Å². The van der Waals surface area contributed by atoms with Gasteiger partial charge in [0.25, 0.3) is 5.91 Å². The highest BCUT2D eigenvalue weighted by Gasteiger charge is 2.19. The number of H-pyrrole nitrogens is 2. The first kappa shape index (κ1) is 14.6. The fourth-order valence-electron chi connectivity index (χ4n) is 3.17. The molecule has 1 fully saturated rings. The quantitative estimate of drug-likeness (QED) is 0.693. The van der Waals surface area contributed by atoms with Gasteiger partial charge in [-0.3, -0.25) is 4.79 Å². The first-order chi connectivity index (χ1) is 11.7. The van der Waals surface area contributed by atoms with Crippen LogP contribution >= 0.6 is 0 Å². The molecule has 0 unspecified atom stereocenters. The standard InChI is InChI=1S/C18H18N4O2/c23-17(12-6-2-1-3-7-12)19-15-10-13-14(21-18(24)20-13)11-16(15)22-8-4-5-9-22/h1-3,6-7,10-11H,4-5,8-9H2,(H,19,23)(H2,20,21,24). The Kier molecular flexibility index (Phi) is 3.57. The van der Waals surface area contributed by atoms with E-state index < -0.39 is 0 Å². The SMILES string of the molecule is O=C(Nc1cc2[nH]c(=O)[nH]c2cc1N1CCCC1)c1ccccc1. The lowest BCUT2D eigenvalue weighted by Gasteiger charge is -2.22. The van der Waals surface area contributed by atoms with Crippen LogP contribution in [0.2, 0.25) is 0 Å². The van der Waals surface area contributed by atoms with Crippen LogP contribution in [0.15, 0.2) is 47.3 Å². The van der Waals surface area contributed by atoms with E-state index in [1.807, 2.05) is 30.3 Å². The van der Waals surface area contributed by atoms with Crippen LogP contribution in [0.4, 0.5) is 11.4 Å². The minimum Gasteiger partial charge on any atom is -0.370 e. The number of carbonyl (C=O) groups excluding carboxylic acids is 1. The van der Waals surface area contributed by atoms with Crippen molar-refractivity contribution in [3.8, 4) is 0 Å². The Morgan fingerprint density at radius 2 is 1.67 bits per heavy atom. The van der Waals surface area contributed by atoms with Crippen molar-refractivity contribution in [2.24, 2.45) is 0 Å². The number of imidazole rings is 1. The predicted octanol–water partition coefficient (Wildman–Crippen LogP) is 2.71. The number of hydrogen-bond acceptors (Lipinski definition) is 3. The fourth-order valence-corrected chi connectivity index (χ4v) is 3.17. The van der Waals surface area contributed by atoms with Gasteiger partial charge in [0.2, 0.25) is 0 Å². The van der Waals surface area contributed by atoms with Gasteiger partial charge in [0.05, 0.1) is 22.4 Å². The maximum Gasteiger partial charge on any atom is 0.323 e. The molecule has 1 aliphatic heterocycles. The first-order valence-corrected chi connectivity index (χ1v) is 8.08. The molecule has 2 aromatic carbocycles. The fraction of sp³-hybridized carbons (Fsp3) is 0.222. The van der Waals surface area contributed by atoms with E-state index in [4.69, 9.17) is 0 Å². The number of carbonyl (C=O) groups is 1. The molecule has 0 radical (unpaired) electrons. The van der Waals surface area contributed by atoms with Crippen LogP contribution in [0.5, 0.6) is 0 Å². The molecule has 0 aliphatic carbocycles. The van der Waals surface area contributed by atoms with Gasteiger partial charge in [-0.1, -0.05) is 18.2 Å². The van der Waals surface area contributed by atoms with E-state index in [0.29, 0.717) is 16.8 Å². The van der Waals surface area contributed by atoms with E-state index in [2.05, 4.69) is 20.2 Å². The summed E-state index contributed by atoms with van der Waals surface area (Å²) < 4.78 is 0. The van der Waals surface area contributed by atoms with Crippen molar-refractivity contribution >= 4 is 28.3 Å². The molecule has 1 amide bonds. The van der Waals surface area contributed by atoms with Crippen molar-refractivity contribution in [3.63, 3.8) is 0 Å². The van der Waals surface area contributed by atoms with Crippen LogP contribution < -0.4 is 15.9 Å². The van der Waals surface area contributed by atoms with Gasteiger partial charge in [-0.05, 0) is 37.1 Å². The molecule has 1 aromatic heterocycles. The highest BCUT2D eigenvalue weighted by molar-refractivity contribution is 6.07. The maximum atomic E-state index is 12.5. The molecule has 4 rings (SSSR count). The van der Waals surface area contributed by atoms with Gasteiger partial charge in [-0.15, -0.1) is 0 Å². The zero-order chi connectivity index (χ0) is 16.5. The minimum absolute atomic E-state index is 0.159. The number of benzene rings is 2. The average molecular weight is 322 g/mol. The van der Waals surface area contributed by atoms with Crippen molar-refractivity contribution < 1.29 is 4.79 Å². The van der Waals surface area contributed by atoms with Gasteiger partial charge in [0.15, 0.2) is 0 Å².